The number of anilines is 1. The lowest BCUT2D eigenvalue weighted by Gasteiger charge is -2.20. The molecular weight excluding hydrogens is 505 g/mol. The van der Waals surface area contributed by atoms with E-state index in [-0.39, 0.29) is 23.9 Å². The number of likely N-dealkylation sites (tertiary alicyclic amines) is 1. The average molecular weight is 530 g/mol. The standard InChI is InChI=1S/C25H25Cl2N5O4/c1-5-21(34)29-17-11-32(13(2)33)12-18(17)31-25-28-10-15-8-14(6-7-16(15)30-25)22-23(26)19(35-3)9-20(36-4)24(22)27/h5-10,17-18H,1,11-12H2,2-4H3,(H,29,34)(H,28,30,31)/t17-,18-/m0/s1. The Morgan fingerprint density at radius 2 is 1.78 bits per heavy atom. The fraction of sp³-hybridized carbons (Fsp3) is 0.280. The quantitative estimate of drug-likeness (QED) is 0.446. The molecule has 9 nitrogen and oxygen atoms in total. The number of hydrogen-bond donors (Lipinski definition) is 2. The average Bonchev–Trinajstić information content (AvgIpc) is 3.26. The van der Waals surface area contributed by atoms with Gasteiger partial charge in [-0.1, -0.05) is 35.8 Å². The van der Waals surface area contributed by atoms with Gasteiger partial charge in [0.1, 0.15) is 11.5 Å². The highest BCUT2D eigenvalue weighted by molar-refractivity contribution is 6.41. The van der Waals surface area contributed by atoms with Crippen molar-refractivity contribution in [3.8, 4) is 22.6 Å². The van der Waals surface area contributed by atoms with Gasteiger partial charge in [0, 0.05) is 43.2 Å². The fourth-order valence-corrected chi connectivity index (χ4v) is 4.88. The van der Waals surface area contributed by atoms with E-state index in [0.717, 1.165) is 10.9 Å². The summed E-state index contributed by atoms with van der Waals surface area (Å²) in [6.07, 6.45) is 2.89. The lowest BCUT2D eigenvalue weighted by Crippen LogP contribution is -2.45. The molecule has 1 aromatic heterocycles. The van der Waals surface area contributed by atoms with E-state index in [9.17, 15) is 9.59 Å². The predicted octanol–water partition coefficient (Wildman–Crippen LogP) is 3.93. The molecule has 0 saturated carbocycles. The van der Waals surface area contributed by atoms with Gasteiger partial charge in [-0.25, -0.2) is 9.97 Å². The third kappa shape index (κ3) is 5.03. The van der Waals surface area contributed by atoms with E-state index in [1.54, 1.807) is 17.2 Å². The van der Waals surface area contributed by atoms with E-state index in [1.165, 1.54) is 27.2 Å². The highest BCUT2D eigenvalue weighted by atomic mass is 35.5. The first kappa shape index (κ1) is 25.5. The van der Waals surface area contributed by atoms with Crippen molar-refractivity contribution in [1.29, 1.82) is 0 Å². The number of aromatic nitrogens is 2. The van der Waals surface area contributed by atoms with Crippen molar-refractivity contribution in [2.24, 2.45) is 0 Å². The second kappa shape index (κ2) is 10.6. The summed E-state index contributed by atoms with van der Waals surface area (Å²) in [6.45, 7) is 5.78. The van der Waals surface area contributed by atoms with Gasteiger partial charge in [-0.15, -0.1) is 0 Å². The van der Waals surface area contributed by atoms with Crippen LogP contribution in [0.4, 0.5) is 5.95 Å². The normalized spacial score (nSPS) is 17.1. The van der Waals surface area contributed by atoms with Gasteiger partial charge >= 0.3 is 0 Å². The summed E-state index contributed by atoms with van der Waals surface area (Å²) in [7, 11) is 3.04. The van der Waals surface area contributed by atoms with Gasteiger partial charge in [0.05, 0.1) is 41.9 Å². The molecule has 188 valence electrons. The molecule has 0 spiro atoms. The molecule has 2 amide bonds. The summed E-state index contributed by atoms with van der Waals surface area (Å²) >= 11 is 13.1. The molecule has 1 aliphatic rings. The van der Waals surface area contributed by atoms with Crippen LogP contribution < -0.4 is 20.1 Å². The van der Waals surface area contributed by atoms with Gasteiger partial charge in [0.25, 0.3) is 0 Å². The number of carbonyl (C=O) groups excluding carboxylic acids is 2. The molecule has 1 saturated heterocycles. The number of nitrogens with one attached hydrogen (secondary N) is 2. The Labute approximate surface area is 218 Å². The highest BCUT2D eigenvalue weighted by Gasteiger charge is 2.35. The molecule has 11 heteroatoms. The zero-order valence-corrected chi connectivity index (χ0v) is 21.5. The van der Waals surface area contributed by atoms with Gasteiger partial charge in [0.2, 0.25) is 17.8 Å². The number of fused-ring (bicyclic) bond motifs is 1. The van der Waals surface area contributed by atoms with Gasteiger partial charge in [-0.2, -0.15) is 0 Å². The van der Waals surface area contributed by atoms with Gasteiger partial charge in [0.15, 0.2) is 0 Å². The lowest BCUT2D eigenvalue weighted by molar-refractivity contribution is -0.128. The molecular formula is C25H25Cl2N5O4. The van der Waals surface area contributed by atoms with Crippen molar-refractivity contribution >= 4 is 51.9 Å². The van der Waals surface area contributed by atoms with Crippen LogP contribution in [0.15, 0.2) is 43.1 Å². The Hall–Kier alpha value is -3.56. The number of halogens is 2. The van der Waals surface area contributed by atoms with E-state index >= 15 is 0 Å². The van der Waals surface area contributed by atoms with Crippen LogP contribution in [0.2, 0.25) is 10.0 Å². The molecule has 2 atom stereocenters. The van der Waals surface area contributed by atoms with E-state index in [0.29, 0.717) is 51.7 Å². The fourth-order valence-electron chi connectivity index (χ4n) is 4.16. The largest absolute Gasteiger partial charge is 0.495 e. The molecule has 2 aromatic carbocycles. The van der Waals surface area contributed by atoms with Crippen molar-refractivity contribution < 1.29 is 19.1 Å². The maximum atomic E-state index is 11.9. The van der Waals surface area contributed by atoms with Crippen molar-refractivity contribution in [2.45, 2.75) is 19.0 Å². The number of methoxy groups -OCH3 is 2. The summed E-state index contributed by atoms with van der Waals surface area (Å²) in [6, 6.07) is 6.63. The smallest absolute Gasteiger partial charge is 0.243 e. The molecule has 1 aliphatic heterocycles. The van der Waals surface area contributed by atoms with E-state index in [4.69, 9.17) is 32.7 Å². The summed E-state index contributed by atoms with van der Waals surface area (Å²) in [4.78, 5) is 34.5. The van der Waals surface area contributed by atoms with Crippen LogP contribution in [0, 0.1) is 0 Å². The Kier molecular flexibility index (Phi) is 7.51. The van der Waals surface area contributed by atoms with Crippen molar-refractivity contribution in [2.75, 3.05) is 32.6 Å². The minimum absolute atomic E-state index is 0.0735. The molecule has 0 bridgehead atoms. The Morgan fingerprint density at radius 1 is 1.11 bits per heavy atom. The lowest BCUT2D eigenvalue weighted by atomic mass is 10.0. The monoisotopic (exact) mass is 529 g/mol. The molecule has 36 heavy (non-hydrogen) atoms. The Balaban J connectivity index is 1.64. The second-order valence-corrected chi connectivity index (χ2v) is 9.00. The van der Waals surface area contributed by atoms with E-state index < -0.39 is 0 Å². The summed E-state index contributed by atoms with van der Waals surface area (Å²) < 4.78 is 10.7. The molecule has 0 aliphatic carbocycles. The maximum absolute atomic E-state index is 11.9. The van der Waals surface area contributed by atoms with Crippen LogP contribution in [0.3, 0.4) is 0 Å². The van der Waals surface area contributed by atoms with Crippen molar-refractivity contribution in [1.82, 2.24) is 20.2 Å². The van der Waals surface area contributed by atoms with Crippen LogP contribution in [0.1, 0.15) is 6.92 Å². The number of carbonyl (C=O) groups is 2. The Bertz CT molecular complexity index is 1320. The van der Waals surface area contributed by atoms with Crippen LogP contribution in [-0.4, -0.2) is 66.1 Å². The Morgan fingerprint density at radius 3 is 2.39 bits per heavy atom. The molecule has 0 unspecified atom stereocenters. The molecule has 4 rings (SSSR count). The number of nitrogens with zero attached hydrogens (tertiary/aromatic N) is 3. The maximum Gasteiger partial charge on any atom is 0.243 e. The van der Waals surface area contributed by atoms with Crippen molar-refractivity contribution in [3.05, 3.63) is 53.2 Å². The van der Waals surface area contributed by atoms with Gasteiger partial charge in [-0.05, 0) is 23.8 Å². The number of rotatable bonds is 7. The summed E-state index contributed by atoms with van der Waals surface area (Å²) in [5.74, 6) is 0.880. The first-order chi connectivity index (χ1) is 17.2. The van der Waals surface area contributed by atoms with E-state index in [1.807, 2.05) is 18.2 Å². The zero-order valence-electron chi connectivity index (χ0n) is 20.0. The highest BCUT2D eigenvalue weighted by Crippen LogP contribution is 2.46. The zero-order chi connectivity index (χ0) is 26.0. The third-order valence-corrected chi connectivity index (χ3v) is 6.79. The molecule has 1 fully saturated rings. The molecule has 3 aromatic rings. The predicted molar refractivity (Wildman–Crippen MR) is 140 cm³/mol. The van der Waals surface area contributed by atoms with Crippen molar-refractivity contribution in [3.63, 3.8) is 0 Å². The summed E-state index contributed by atoms with van der Waals surface area (Å²) in [5.41, 5.74) is 2.01. The first-order valence-electron chi connectivity index (χ1n) is 11.1. The minimum atomic E-state index is -0.312. The summed E-state index contributed by atoms with van der Waals surface area (Å²) in [5, 5.41) is 7.61. The number of hydrogen-bond acceptors (Lipinski definition) is 7. The van der Waals surface area contributed by atoms with Crippen LogP contribution in [0.25, 0.3) is 22.0 Å². The van der Waals surface area contributed by atoms with Gasteiger partial charge in [-0.3, -0.25) is 9.59 Å². The van der Waals surface area contributed by atoms with Gasteiger partial charge < -0.3 is 25.0 Å². The van der Waals surface area contributed by atoms with Crippen LogP contribution in [-0.2, 0) is 9.59 Å². The molecule has 2 heterocycles. The molecule has 2 N–H and O–H groups in total. The van der Waals surface area contributed by atoms with E-state index in [2.05, 4.69) is 27.2 Å². The SMILES string of the molecule is C=CC(=O)N[C@H]1CN(C(C)=O)C[C@@H]1Nc1ncc2cc(-c3c(Cl)c(OC)cc(OC)c3Cl)ccc2n1. The number of amides is 2. The number of ether oxygens (including phenoxy) is 2. The van der Waals surface area contributed by atoms with Crippen LogP contribution >= 0.6 is 23.2 Å². The third-order valence-electron chi connectivity index (χ3n) is 6.03. The topological polar surface area (TPSA) is 106 Å². The first-order valence-corrected chi connectivity index (χ1v) is 11.8. The second-order valence-electron chi connectivity index (χ2n) is 8.25. The van der Waals surface area contributed by atoms with Crippen LogP contribution in [0.5, 0.6) is 11.5 Å². The minimum Gasteiger partial charge on any atom is -0.495 e. The number of benzene rings is 2. The molecule has 0 radical (unpaired) electrons.